The predicted molar refractivity (Wildman–Crippen MR) is 193 cm³/mol. The van der Waals surface area contributed by atoms with E-state index in [1.807, 2.05) is 103 Å². The fourth-order valence-corrected chi connectivity index (χ4v) is 6.31. The number of carboxylic acid groups (broad SMARTS) is 1. The SMILES string of the molecule is CN(C(=O)O)[C@H](C(=O)Nc1ccccc1CC[C@@H]1CN[C@H](CNC(=O)c2cc(-c3ccccn3)[nH]n2)CO1)C(c1ccccc1)c1ccccc1. The molecule has 5 aromatic rings. The molecule has 1 aliphatic heterocycles. The summed E-state index contributed by atoms with van der Waals surface area (Å²) in [4.78, 5) is 44.5. The minimum absolute atomic E-state index is 0.0590. The number of para-hydroxylation sites is 1. The fourth-order valence-electron chi connectivity index (χ4n) is 6.31. The molecule has 0 unspecified atom stereocenters. The second-order valence-corrected chi connectivity index (χ2v) is 12.5. The Bertz CT molecular complexity index is 1860. The number of likely N-dealkylation sites (N-methyl/N-ethyl adjacent to an activating group) is 1. The van der Waals surface area contributed by atoms with Crippen molar-refractivity contribution >= 4 is 23.6 Å². The predicted octanol–water partition coefficient (Wildman–Crippen LogP) is 4.94. The number of H-pyrrole nitrogens is 1. The van der Waals surface area contributed by atoms with Gasteiger partial charge in [-0.15, -0.1) is 0 Å². The molecule has 0 saturated carbocycles. The van der Waals surface area contributed by atoms with E-state index >= 15 is 0 Å². The van der Waals surface area contributed by atoms with Gasteiger partial charge >= 0.3 is 6.09 Å². The van der Waals surface area contributed by atoms with Crippen molar-refractivity contribution < 1.29 is 24.2 Å². The van der Waals surface area contributed by atoms with Gasteiger partial charge in [0.25, 0.3) is 5.91 Å². The van der Waals surface area contributed by atoms with Gasteiger partial charge in [-0.25, -0.2) is 4.79 Å². The molecular formula is C39H41N7O5. The molecule has 0 aliphatic carbocycles. The minimum Gasteiger partial charge on any atom is -0.465 e. The number of nitrogens with one attached hydrogen (secondary N) is 4. The maximum atomic E-state index is 14.1. The number of hydrogen-bond acceptors (Lipinski definition) is 7. The molecule has 0 radical (unpaired) electrons. The zero-order valence-electron chi connectivity index (χ0n) is 28.2. The summed E-state index contributed by atoms with van der Waals surface area (Å²) in [7, 11) is 1.43. The van der Waals surface area contributed by atoms with Crippen LogP contribution in [0.4, 0.5) is 10.5 Å². The number of carbonyl (C=O) groups is 3. The first kappa shape index (κ1) is 35.0. The summed E-state index contributed by atoms with van der Waals surface area (Å²) in [5, 5.41) is 26.5. The van der Waals surface area contributed by atoms with E-state index in [9.17, 15) is 19.5 Å². The Labute approximate surface area is 296 Å². The van der Waals surface area contributed by atoms with Crippen LogP contribution in [0.3, 0.4) is 0 Å². The third kappa shape index (κ3) is 8.85. The van der Waals surface area contributed by atoms with Gasteiger partial charge in [-0.3, -0.25) is 24.6 Å². The summed E-state index contributed by atoms with van der Waals surface area (Å²) in [6, 6.07) is 32.7. The number of carbonyl (C=O) groups excluding carboxylic acids is 2. The van der Waals surface area contributed by atoms with Crippen molar-refractivity contribution in [3.05, 3.63) is 138 Å². The van der Waals surface area contributed by atoms with E-state index in [0.29, 0.717) is 49.6 Å². The van der Waals surface area contributed by atoms with Crippen molar-refractivity contribution in [2.45, 2.75) is 36.9 Å². The quantitative estimate of drug-likeness (QED) is 0.116. The molecule has 3 amide bonds. The zero-order valence-corrected chi connectivity index (χ0v) is 28.2. The Morgan fingerprint density at radius 2 is 1.63 bits per heavy atom. The van der Waals surface area contributed by atoms with Crippen LogP contribution < -0.4 is 16.0 Å². The van der Waals surface area contributed by atoms with Crippen molar-refractivity contribution in [1.82, 2.24) is 30.7 Å². The molecule has 2 aromatic heterocycles. The number of amides is 3. The lowest BCUT2D eigenvalue weighted by Gasteiger charge is -2.33. The van der Waals surface area contributed by atoms with Gasteiger partial charge in [0, 0.05) is 44.0 Å². The second-order valence-electron chi connectivity index (χ2n) is 12.5. The zero-order chi connectivity index (χ0) is 35.6. The van der Waals surface area contributed by atoms with E-state index in [4.69, 9.17) is 4.74 Å². The third-order valence-corrected chi connectivity index (χ3v) is 9.06. The highest BCUT2D eigenvalue weighted by atomic mass is 16.5. The highest BCUT2D eigenvalue weighted by Crippen LogP contribution is 2.32. The smallest absolute Gasteiger partial charge is 0.407 e. The van der Waals surface area contributed by atoms with Crippen LogP contribution in [0, 0.1) is 0 Å². The normalized spacial score (nSPS) is 16.3. The molecule has 5 N–H and O–H groups in total. The first-order chi connectivity index (χ1) is 24.9. The fraction of sp³-hybridized carbons (Fsp3) is 0.256. The first-order valence-corrected chi connectivity index (χ1v) is 16.9. The van der Waals surface area contributed by atoms with Gasteiger partial charge in [0.05, 0.1) is 24.1 Å². The molecular weight excluding hydrogens is 646 g/mol. The molecule has 1 fully saturated rings. The summed E-state index contributed by atoms with van der Waals surface area (Å²) < 4.78 is 6.16. The minimum atomic E-state index is -1.20. The number of hydrogen-bond donors (Lipinski definition) is 5. The topological polar surface area (TPSA) is 162 Å². The number of aromatic nitrogens is 3. The summed E-state index contributed by atoms with van der Waals surface area (Å²) in [6.45, 7) is 1.40. The van der Waals surface area contributed by atoms with Crippen molar-refractivity contribution in [1.29, 1.82) is 0 Å². The average molecular weight is 688 g/mol. The Hall–Kier alpha value is -5.85. The molecule has 3 aromatic carbocycles. The van der Waals surface area contributed by atoms with E-state index in [1.54, 1.807) is 12.3 Å². The number of ether oxygens (including phenoxy) is 1. The van der Waals surface area contributed by atoms with E-state index in [1.165, 1.54) is 7.05 Å². The number of aromatic amines is 1. The lowest BCUT2D eigenvalue weighted by atomic mass is 9.84. The van der Waals surface area contributed by atoms with Gasteiger partial charge in [0.1, 0.15) is 6.04 Å². The first-order valence-electron chi connectivity index (χ1n) is 16.9. The highest BCUT2D eigenvalue weighted by molar-refractivity contribution is 5.98. The molecule has 12 nitrogen and oxygen atoms in total. The second kappa shape index (κ2) is 16.7. The molecule has 0 spiro atoms. The van der Waals surface area contributed by atoms with E-state index in [-0.39, 0.29) is 23.7 Å². The number of benzene rings is 3. The lowest BCUT2D eigenvalue weighted by Crippen LogP contribution is -2.51. The van der Waals surface area contributed by atoms with Gasteiger partial charge in [0.15, 0.2) is 5.69 Å². The van der Waals surface area contributed by atoms with Crippen LogP contribution in [0.1, 0.15) is 39.5 Å². The van der Waals surface area contributed by atoms with Crippen molar-refractivity contribution in [3.63, 3.8) is 0 Å². The number of anilines is 1. The summed E-state index contributed by atoms with van der Waals surface area (Å²) >= 11 is 0. The number of pyridine rings is 1. The van der Waals surface area contributed by atoms with Crippen molar-refractivity contribution in [2.75, 3.05) is 32.1 Å². The van der Waals surface area contributed by atoms with E-state index in [0.717, 1.165) is 21.6 Å². The molecule has 12 heteroatoms. The van der Waals surface area contributed by atoms with Gasteiger partial charge in [-0.05, 0) is 53.8 Å². The number of morpholine rings is 1. The van der Waals surface area contributed by atoms with Crippen LogP contribution in [0.5, 0.6) is 0 Å². The van der Waals surface area contributed by atoms with Crippen LogP contribution in [0.2, 0.25) is 0 Å². The Kier molecular flexibility index (Phi) is 11.5. The average Bonchev–Trinajstić information content (AvgIpc) is 3.68. The summed E-state index contributed by atoms with van der Waals surface area (Å²) in [5.74, 6) is -1.25. The van der Waals surface area contributed by atoms with Crippen molar-refractivity contribution in [2.24, 2.45) is 0 Å². The number of nitrogens with zero attached hydrogens (tertiary/aromatic N) is 3. The van der Waals surface area contributed by atoms with E-state index < -0.39 is 24.0 Å². The molecule has 262 valence electrons. The van der Waals surface area contributed by atoms with Crippen LogP contribution in [-0.2, 0) is 16.0 Å². The van der Waals surface area contributed by atoms with Gasteiger partial charge < -0.3 is 25.8 Å². The molecule has 0 bridgehead atoms. The van der Waals surface area contributed by atoms with Gasteiger partial charge in [-0.1, -0.05) is 84.9 Å². The molecule has 3 atom stereocenters. The maximum absolute atomic E-state index is 14.1. The molecule has 51 heavy (non-hydrogen) atoms. The van der Waals surface area contributed by atoms with Crippen LogP contribution >= 0.6 is 0 Å². The monoisotopic (exact) mass is 687 g/mol. The molecule has 1 saturated heterocycles. The third-order valence-electron chi connectivity index (χ3n) is 9.06. The van der Waals surface area contributed by atoms with Crippen LogP contribution in [-0.4, -0.2) is 88.0 Å². The van der Waals surface area contributed by atoms with Crippen molar-refractivity contribution in [3.8, 4) is 11.4 Å². The largest absolute Gasteiger partial charge is 0.465 e. The number of rotatable bonds is 13. The standard InChI is InChI=1S/C39H41N7O5/c1-46(39(49)50)36(35(27-13-4-2-5-14-27)28-15-6-3-7-16-28)38(48)43-31-17-9-8-12-26(31)19-20-30-24-41-29(25-51-30)23-42-37(47)34-22-33(44-45-34)32-18-10-11-21-40-32/h2-18,21-22,29-30,35-36,41H,19-20,23-25H2,1H3,(H,42,47)(H,43,48)(H,44,45)(H,49,50)/t29-,30-,36+/m1/s1. The maximum Gasteiger partial charge on any atom is 0.407 e. The van der Waals surface area contributed by atoms with E-state index in [2.05, 4.69) is 31.1 Å². The summed E-state index contributed by atoms with van der Waals surface area (Å²) in [6.07, 6.45) is 1.73. The Balaban J connectivity index is 1.05. The molecule has 6 rings (SSSR count). The van der Waals surface area contributed by atoms with Gasteiger partial charge in [-0.2, -0.15) is 5.10 Å². The number of aryl methyl sites for hydroxylation is 1. The van der Waals surface area contributed by atoms with Crippen LogP contribution in [0.15, 0.2) is 115 Å². The lowest BCUT2D eigenvalue weighted by molar-refractivity contribution is -0.120. The van der Waals surface area contributed by atoms with Crippen LogP contribution in [0.25, 0.3) is 11.4 Å². The highest BCUT2D eigenvalue weighted by Gasteiger charge is 2.37. The Morgan fingerprint density at radius 1 is 0.941 bits per heavy atom. The summed E-state index contributed by atoms with van der Waals surface area (Å²) in [5.41, 5.74) is 4.87. The Morgan fingerprint density at radius 3 is 2.27 bits per heavy atom. The molecule has 1 aliphatic rings. The van der Waals surface area contributed by atoms with Gasteiger partial charge in [0.2, 0.25) is 5.91 Å². The molecule has 3 heterocycles.